The lowest BCUT2D eigenvalue weighted by Crippen LogP contribution is -2.10. The molecule has 0 unspecified atom stereocenters. The molecule has 0 atom stereocenters. The summed E-state index contributed by atoms with van der Waals surface area (Å²) in [6.07, 6.45) is 0.926. The molecule has 2 aromatic rings. The van der Waals surface area contributed by atoms with E-state index >= 15 is 0 Å². The molecule has 24 heavy (non-hydrogen) atoms. The van der Waals surface area contributed by atoms with Crippen LogP contribution in [0.1, 0.15) is 37.8 Å². The molecule has 0 bridgehead atoms. The minimum Gasteiger partial charge on any atom is -0.326 e. The number of nitrogens with one attached hydrogen (secondary N) is 2. The molecule has 0 aromatic heterocycles. The Labute approximate surface area is 143 Å². The van der Waals surface area contributed by atoms with Gasteiger partial charge in [0.2, 0.25) is 11.8 Å². The van der Waals surface area contributed by atoms with Crippen LogP contribution < -0.4 is 10.6 Å². The van der Waals surface area contributed by atoms with Crippen LogP contribution in [0.15, 0.2) is 36.4 Å². The van der Waals surface area contributed by atoms with Gasteiger partial charge in [-0.3, -0.25) is 9.59 Å². The third kappa shape index (κ3) is 4.22. The fraction of sp³-hybridized carbons (Fsp3) is 0.300. The first-order chi connectivity index (χ1) is 11.4. The van der Waals surface area contributed by atoms with Gasteiger partial charge in [-0.15, -0.1) is 0 Å². The van der Waals surface area contributed by atoms with Gasteiger partial charge < -0.3 is 10.6 Å². The molecule has 0 aliphatic rings. The number of hydrogen-bond acceptors (Lipinski definition) is 2. The molecule has 0 aliphatic carbocycles. The first-order valence-corrected chi connectivity index (χ1v) is 8.26. The lowest BCUT2D eigenvalue weighted by molar-refractivity contribution is -0.116. The Balaban J connectivity index is 2.28. The van der Waals surface area contributed by atoms with Crippen molar-refractivity contribution in [3.05, 3.63) is 47.5 Å². The molecule has 0 aliphatic heterocycles. The Morgan fingerprint density at radius 3 is 1.42 bits per heavy atom. The van der Waals surface area contributed by atoms with Gasteiger partial charge in [0.25, 0.3) is 0 Å². The Kier molecular flexibility index (Phi) is 5.74. The van der Waals surface area contributed by atoms with Crippen LogP contribution in [0.3, 0.4) is 0 Å². The highest BCUT2D eigenvalue weighted by Crippen LogP contribution is 2.30. The SMILES string of the molecule is CCC(=O)Nc1ccc(-c2ccc(NC(=O)CC)cc2C)c(C)c1. The van der Waals surface area contributed by atoms with Gasteiger partial charge in [-0.2, -0.15) is 0 Å². The van der Waals surface area contributed by atoms with Crippen molar-refractivity contribution in [1.29, 1.82) is 0 Å². The van der Waals surface area contributed by atoms with Crippen LogP contribution in [-0.4, -0.2) is 11.8 Å². The maximum atomic E-state index is 11.5. The standard InChI is InChI=1S/C20H24N2O2/c1-5-19(23)21-15-7-9-17(13(3)11-15)18-10-8-16(12-14(18)4)22-20(24)6-2/h7-12H,5-6H2,1-4H3,(H,21,23)(H,22,24). The van der Waals surface area contributed by atoms with E-state index in [1.54, 1.807) is 0 Å². The normalized spacial score (nSPS) is 10.3. The lowest BCUT2D eigenvalue weighted by Gasteiger charge is -2.13. The quantitative estimate of drug-likeness (QED) is 0.840. The van der Waals surface area contributed by atoms with Gasteiger partial charge >= 0.3 is 0 Å². The predicted molar refractivity (Wildman–Crippen MR) is 99.2 cm³/mol. The first kappa shape index (κ1) is 17.7. The zero-order valence-electron chi connectivity index (χ0n) is 14.7. The molecular formula is C20H24N2O2. The Bertz CT molecular complexity index is 701. The average molecular weight is 324 g/mol. The summed E-state index contributed by atoms with van der Waals surface area (Å²) < 4.78 is 0. The van der Waals surface area contributed by atoms with Gasteiger partial charge in [0, 0.05) is 24.2 Å². The molecule has 4 nitrogen and oxygen atoms in total. The zero-order valence-corrected chi connectivity index (χ0v) is 14.7. The van der Waals surface area contributed by atoms with E-state index in [0.29, 0.717) is 12.8 Å². The number of carbonyl (C=O) groups is 2. The van der Waals surface area contributed by atoms with E-state index in [0.717, 1.165) is 33.6 Å². The minimum atomic E-state index is 0.00866. The van der Waals surface area contributed by atoms with Crippen molar-refractivity contribution in [3.63, 3.8) is 0 Å². The molecule has 2 amide bonds. The molecule has 2 aromatic carbocycles. The fourth-order valence-electron chi connectivity index (χ4n) is 2.59. The highest BCUT2D eigenvalue weighted by atomic mass is 16.2. The average Bonchev–Trinajstić information content (AvgIpc) is 2.55. The highest BCUT2D eigenvalue weighted by molar-refractivity contribution is 5.92. The van der Waals surface area contributed by atoms with Crippen LogP contribution in [0.25, 0.3) is 11.1 Å². The third-order valence-electron chi connectivity index (χ3n) is 3.95. The fourth-order valence-corrected chi connectivity index (χ4v) is 2.59. The summed E-state index contributed by atoms with van der Waals surface area (Å²) in [5.74, 6) is 0.0173. The molecule has 0 spiro atoms. The lowest BCUT2D eigenvalue weighted by atomic mass is 9.95. The zero-order chi connectivity index (χ0) is 17.7. The van der Waals surface area contributed by atoms with Crippen LogP contribution in [0.5, 0.6) is 0 Å². The predicted octanol–water partition coefficient (Wildman–Crippen LogP) is 4.67. The van der Waals surface area contributed by atoms with Gasteiger partial charge in [0.1, 0.15) is 0 Å². The van der Waals surface area contributed by atoms with E-state index < -0.39 is 0 Å². The number of hydrogen-bond donors (Lipinski definition) is 2. The van der Waals surface area contributed by atoms with Crippen molar-refractivity contribution < 1.29 is 9.59 Å². The molecule has 0 saturated heterocycles. The molecule has 0 radical (unpaired) electrons. The van der Waals surface area contributed by atoms with Gasteiger partial charge in [0.15, 0.2) is 0 Å². The second kappa shape index (κ2) is 7.77. The van der Waals surface area contributed by atoms with Crippen molar-refractivity contribution >= 4 is 23.2 Å². The number of carbonyl (C=O) groups excluding carboxylic acids is 2. The summed E-state index contributed by atoms with van der Waals surface area (Å²) in [4.78, 5) is 23.0. The summed E-state index contributed by atoms with van der Waals surface area (Å²) in [6, 6.07) is 11.8. The number of rotatable bonds is 5. The Morgan fingerprint density at radius 1 is 0.750 bits per heavy atom. The maximum absolute atomic E-state index is 11.5. The topological polar surface area (TPSA) is 58.2 Å². The van der Waals surface area contributed by atoms with Gasteiger partial charge in [-0.05, 0) is 60.4 Å². The molecular weight excluding hydrogens is 300 g/mol. The summed E-state index contributed by atoms with van der Waals surface area (Å²) in [7, 11) is 0. The Hall–Kier alpha value is -2.62. The van der Waals surface area contributed by atoms with E-state index in [2.05, 4.69) is 10.6 Å². The van der Waals surface area contributed by atoms with E-state index in [1.165, 1.54) is 0 Å². The van der Waals surface area contributed by atoms with Crippen LogP contribution in [0.2, 0.25) is 0 Å². The second-order valence-corrected chi connectivity index (χ2v) is 5.86. The molecule has 0 heterocycles. The molecule has 2 rings (SSSR count). The molecule has 0 fully saturated rings. The number of anilines is 2. The molecule has 0 saturated carbocycles. The first-order valence-electron chi connectivity index (χ1n) is 8.26. The van der Waals surface area contributed by atoms with Crippen molar-refractivity contribution in [3.8, 4) is 11.1 Å². The van der Waals surface area contributed by atoms with Gasteiger partial charge in [-0.25, -0.2) is 0 Å². The van der Waals surface area contributed by atoms with Crippen molar-refractivity contribution in [2.45, 2.75) is 40.5 Å². The van der Waals surface area contributed by atoms with E-state index in [-0.39, 0.29) is 11.8 Å². The van der Waals surface area contributed by atoms with Crippen LogP contribution in [0, 0.1) is 13.8 Å². The van der Waals surface area contributed by atoms with Crippen LogP contribution in [-0.2, 0) is 9.59 Å². The van der Waals surface area contributed by atoms with Crippen molar-refractivity contribution in [2.75, 3.05) is 10.6 Å². The van der Waals surface area contributed by atoms with Crippen molar-refractivity contribution in [2.24, 2.45) is 0 Å². The van der Waals surface area contributed by atoms with Crippen molar-refractivity contribution in [1.82, 2.24) is 0 Å². The Morgan fingerprint density at radius 2 is 1.12 bits per heavy atom. The number of aryl methyl sites for hydroxylation is 2. The smallest absolute Gasteiger partial charge is 0.224 e. The van der Waals surface area contributed by atoms with E-state index in [4.69, 9.17) is 0 Å². The number of benzene rings is 2. The van der Waals surface area contributed by atoms with Gasteiger partial charge in [-0.1, -0.05) is 26.0 Å². The summed E-state index contributed by atoms with van der Waals surface area (Å²) in [5, 5.41) is 5.75. The third-order valence-corrected chi connectivity index (χ3v) is 3.95. The molecule has 2 N–H and O–H groups in total. The minimum absolute atomic E-state index is 0.00866. The number of amides is 2. The summed E-state index contributed by atoms with van der Waals surface area (Å²) in [6.45, 7) is 7.73. The van der Waals surface area contributed by atoms with Gasteiger partial charge in [0.05, 0.1) is 0 Å². The molecule has 126 valence electrons. The monoisotopic (exact) mass is 324 g/mol. The summed E-state index contributed by atoms with van der Waals surface area (Å²) in [5.41, 5.74) is 6.06. The van der Waals surface area contributed by atoms with E-state index in [1.807, 2.05) is 64.1 Å². The second-order valence-electron chi connectivity index (χ2n) is 5.86. The molecule has 4 heteroatoms. The van der Waals surface area contributed by atoms with E-state index in [9.17, 15) is 9.59 Å². The highest BCUT2D eigenvalue weighted by Gasteiger charge is 2.09. The van der Waals surface area contributed by atoms with Crippen LogP contribution >= 0.6 is 0 Å². The largest absolute Gasteiger partial charge is 0.326 e. The van der Waals surface area contributed by atoms with Crippen LogP contribution in [0.4, 0.5) is 11.4 Å². The summed E-state index contributed by atoms with van der Waals surface area (Å²) >= 11 is 0. The maximum Gasteiger partial charge on any atom is 0.224 e.